The summed E-state index contributed by atoms with van der Waals surface area (Å²) in [5, 5.41) is 4.55. The Balaban J connectivity index is 1.86. The lowest BCUT2D eigenvalue weighted by atomic mass is 10.1. The van der Waals surface area contributed by atoms with Crippen LogP contribution in [0.2, 0.25) is 0 Å². The third-order valence-electron chi connectivity index (χ3n) is 4.40. The zero-order valence-corrected chi connectivity index (χ0v) is 16.8. The van der Waals surface area contributed by atoms with E-state index < -0.39 is 29.5 Å². The van der Waals surface area contributed by atoms with Crippen LogP contribution in [0.3, 0.4) is 0 Å². The van der Waals surface area contributed by atoms with Crippen LogP contribution in [-0.2, 0) is 0 Å². The van der Waals surface area contributed by atoms with Gasteiger partial charge in [-0.15, -0.1) is 11.3 Å². The van der Waals surface area contributed by atoms with Crippen LogP contribution >= 0.6 is 11.3 Å². The Morgan fingerprint density at radius 1 is 1.21 bits per heavy atom. The summed E-state index contributed by atoms with van der Waals surface area (Å²) < 4.78 is 28.5. The van der Waals surface area contributed by atoms with Crippen molar-refractivity contribution < 1.29 is 18.4 Å². The first-order chi connectivity index (χ1) is 13.8. The van der Waals surface area contributed by atoms with Crippen molar-refractivity contribution >= 4 is 28.8 Å². The van der Waals surface area contributed by atoms with Crippen molar-refractivity contribution in [2.24, 2.45) is 0 Å². The molecule has 6 nitrogen and oxygen atoms in total. The number of nitrogens with zero attached hydrogens (tertiary/aromatic N) is 3. The summed E-state index contributed by atoms with van der Waals surface area (Å²) in [6.45, 7) is 3.48. The molecule has 0 saturated carbocycles. The Morgan fingerprint density at radius 2 is 1.97 bits per heavy atom. The van der Waals surface area contributed by atoms with Gasteiger partial charge >= 0.3 is 0 Å². The molecule has 0 fully saturated rings. The summed E-state index contributed by atoms with van der Waals surface area (Å²) >= 11 is 1.27. The first kappa shape index (κ1) is 20.5. The molecule has 3 aromatic rings. The zero-order chi connectivity index (χ0) is 21.1. The number of halogens is 2. The number of rotatable bonds is 5. The summed E-state index contributed by atoms with van der Waals surface area (Å²) in [6.07, 6.45) is 1.59. The number of benzene rings is 1. The molecule has 0 aliphatic rings. The van der Waals surface area contributed by atoms with Gasteiger partial charge in [-0.3, -0.25) is 14.6 Å². The highest BCUT2D eigenvalue weighted by Crippen LogP contribution is 2.24. The van der Waals surface area contributed by atoms with Crippen molar-refractivity contribution in [3.8, 4) is 0 Å². The van der Waals surface area contributed by atoms with Crippen molar-refractivity contribution in [3.05, 3.63) is 75.5 Å². The number of hydrogen-bond acceptors (Lipinski definition) is 5. The molecular weight excluding hydrogens is 398 g/mol. The van der Waals surface area contributed by atoms with Crippen LogP contribution in [-0.4, -0.2) is 33.7 Å². The molecule has 3 rings (SSSR count). The van der Waals surface area contributed by atoms with Crippen molar-refractivity contribution in [2.45, 2.75) is 19.9 Å². The molecule has 1 aromatic carbocycles. The van der Waals surface area contributed by atoms with Gasteiger partial charge in [-0.2, -0.15) is 0 Å². The first-order valence-corrected chi connectivity index (χ1v) is 9.56. The van der Waals surface area contributed by atoms with Gasteiger partial charge < -0.3 is 10.2 Å². The number of hydrogen-bond donors (Lipinski definition) is 1. The molecule has 2 heterocycles. The third-order valence-corrected chi connectivity index (χ3v) is 5.18. The number of nitrogens with one attached hydrogen (secondary N) is 1. The predicted molar refractivity (Wildman–Crippen MR) is 106 cm³/mol. The standard InChI is InChI=1S/C20H18F2N4O2S/c1-11(16-6-4-5-7-23-16)26(3)20(28)13-8-17(15(22)9-14(13)21)25-19(27)18-10-29-12(2)24-18/h4-11H,1-3H3,(H,25,27). The molecule has 2 amide bonds. The molecular formula is C20H18F2N4O2S. The highest BCUT2D eigenvalue weighted by Gasteiger charge is 2.24. The Labute approximate surface area is 170 Å². The van der Waals surface area contributed by atoms with Gasteiger partial charge in [-0.05, 0) is 32.0 Å². The Morgan fingerprint density at radius 3 is 2.59 bits per heavy atom. The van der Waals surface area contributed by atoms with Gasteiger partial charge in [0.2, 0.25) is 0 Å². The lowest BCUT2D eigenvalue weighted by molar-refractivity contribution is 0.0734. The molecule has 0 aliphatic heterocycles. The number of anilines is 1. The second-order valence-electron chi connectivity index (χ2n) is 6.36. The zero-order valence-electron chi connectivity index (χ0n) is 15.9. The fourth-order valence-corrected chi connectivity index (χ4v) is 3.24. The monoisotopic (exact) mass is 416 g/mol. The molecule has 0 aliphatic carbocycles. The smallest absolute Gasteiger partial charge is 0.275 e. The molecule has 150 valence electrons. The van der Waals surface area contributed by atoms with Gasteiger partial charge in [0.1, 0.15) is 17.3 Å². The van der Waals surface area contributed by atoms with E-state index in [1.54, 1.807) is 38.2 Å². The third kappa shape index (κ3) is 4.45. The second kappa shape index (κ2) is 8.44. The van der Waals surface area contributed by atoms with Gasteiger partial charge in [0.05, 0.1) is 28.0 Å². The fourth-order valence-electron chi connectivity index (χ4n) is 2.65. The fraction of sp³-hybridized carbons (Fsp3) is 0.200. The number of pyridine rings is 1. The van der Waals surface area contributed by atoms with Crippen molar-refractivity contribution in [3.63, 3.8) is 0 Å². The summed E-state index contributed by atoms with van der Waals surface area (Å²) in [4.78, 5) is 34.6. The number of carbonyl (C=O) groups excluding carboxylic acids is 2. The maximum atomic E-state index is 14.3. The van der Waals surface area contributed by atoms with Gasteiger partial charge in [-0.25, -0.2) is 13.8 Å². The molecule has 29 heavy (non-hydrogen) atoms. The molecule has 0 bridgehead atoms. The van der Waals surface area contributed by atoms with Gasteiger partial charge in [0.25, 0.3) is 11.8 Å². The molecule has 2 aromatic heterocycles. The van der Waals surface area contributed by atoms with Crippen LogP contribution in [0, 0.1) is 18.6 Å². The highest BCUT2D eigenvalue weighted by molar-refractivity contribution is 7.09. The second-order valence-corrected chi connectivity index (χ2v) is 7.43. The average Bonchev–Trinajstić information content (AvgIpc) is 3.15. The summed E-state index contributed by atoms with van der Waals surface area (Å²) in [6, 6.07) is 6.40. The minimum absolute atomic E-state index is 0.116. The van der Waals surface area contributed by atoms with Crippen LogP contribution in [0.5, 0.6) is 0 Å². The van der Waals surface area contributed by atoms with Crippen LogP contribution in [0.15, 0.2) is 41.9 Å². The Hall–Kier alpha value is -3.20. The molecule has 0 spiro atoms. The topological polar surface area (TPSA) is 75.2 Å². The van der Waals surface area contributed by atoms with E-state index in [9.17, 15) is 18.4 Å². The first-order valence-electron chi connectivity index (χ1n) is 8.68. The largest absolute Gasteiger partial charge is 0.333 e. The predicted octanol–water partition coefficient (Wildman–Crippen LogP) is 4.21. The van der Waals surface area contributed by atoms with Gasteiger partial charge in [0, 0.05) is 24.7 Å². The maximum Gasteiger partial charge on any atom is 0.275 e. The number of aromatic nitrogens is 2. The van der Waals surface area contributed by atoms with E-state index in [4.69, 9.17) is 0 Å². The maximum absolute atomic E-state index is 14.3. The minimum atomic E-state index is -1.02. The Bertz CT molecular complexity index is 1060. The van der Waals surface area contributed by atoms with E-state index in [1.807, 2.05) is 0 Å². The summed E-state index contributed by atoms with van der Waals surface area (Å²) in [5.74, 6) is -3.32. The molecule has 1 unspecified atom stereocenters. The van der Waals surface area contributed by atoms with Crippen LogP contribution in [0.25, 0.3) is 0 Å². The lowest BCUT2D eigenvalue weighted by Crippen LogP contribution is -2.31. The van der Waals surface area contributed by atoms with E-state index in [1.165, 1.54) is 28.7 Å². The van der Waals surface area contributed by atoms with Crippen LogP contribution in [0.1, 0.15) is 44.5 Å². The van der Waals surface area contributed by atoms with Crippen LogP contribution < -0.4 is 5.32 Å². The molecule has 9 heteroatoms. The molecule has 1 N–H and O–H groups in total. The number of aryl methyl sites for hydroxylation is 1. The SMILES string of the molecule is Cc1nc(C(=O)Nc2cc(C(=O)N(C)C(C)c3ccccn3)c(F)cc2F)cs1. The summed E-state index contributed by atoms with van der Waals surface area (Å²) in [5.41, 5.74) is 0.0778. The van der Waals surface area contributed by atoms with Gasteiger partial charge in [-0.1, -0.05) is 6.07 Å². The number of carbonyl (C=O) groups is 2. The van der Waals surface area contributed by atoms with Crippen molar-refractivity contribution in [2.75, 3.05) is 12.4 Å². The summed E-state index contributed by atoms with van der Waals surface area (Å²) in [7, 11) is 1.50. The lowest BCUT2D eigenvalue weighted by Gasteiger charge is -2.25. The van der Waals surface area contributed by atoms with Gasteiger partial charge in [0.15, 0.2) is 0 Å². The van der Waals surface area contributed by atoms with E-state index in [0.29, 0.717) is 16.8 Å². The van der Waals surface area contributed by atoms with E-state index in [-0.39, 0.29) is 16.9 Å². The van der Waals surface area contributed by atoms with Crippen molar-refractivity contribution in [1.29, 1.82) is 0 Å². The van der Waals surface area contributed by atoms with E-state index in [2.05, 4.69) is 15.3 Å². The van der Waals surface area contributed by atoms with E-state index in [0.717, 1.165) is 6.07 Å². The Kier molecular flexibility index (Phi) is 5.97. The molecule has 0 radical (unpaired) electrons. The minimum Gasteiger partial charge on any atom is -0.333 e. The molecule has 1 atom stereocenters. The average molecular weight is 416 g/mol. The number of thiazole rings is 1. The van der Waals surface area contributed by atoms with Crippen LogP contribution in [0.4, 0.5) is 14.5 Å². The normalized spacial score (nSPS) is 11.8. The molecule has 0 saturated heterocycles. The van der Waals surface area contributed by atoms with E-state index >= 15 is 0 Å². The number of amides is 2. The van der Waals surface area contributed by atoms with Crippen molar-refractivity contribution in [1.82, 2.24) is 14.9 Å². The highest BCUT2D eigenvalue weighted by atomic mass is 32.1. The quantitative estimate of drug-likeness (QED) is 0.676.